The average molecular weight is 618 g/mol. The summed E-state index contributed by atoms with van der Waals surface area (Å²) in [6.07, 6.45) is -0.345. The molecule has 4 aromatic rings. The van der Waals surface area contributed by atoms with Crippen molar-refractivity contribution in [1.29, 1.82) is 0 Å². The second-order valence-electron chi connectivity index (χ2n) is 8.02. The maximum atomic E-state index is 12.8. The highest BCUT2D eigenvalue weighted by Crippen LogP contribution is 2.37. The number of carbonyl (C=O) groups is 2. The lowest BCUT2D eigenvalue weighted by molar-refractivity contribution is -0.113. The molecule has 1 N–H and O–H groups in total. The van der Waals surface area contributed by atoms with Gasteiger partial charge >= 0.3 is 5.97 Å². The number of carbonyl (C=O) groups excluding carboxylic acids is 2. The van der Waals surface area contributed by atoms with E-state index in [0.717, 1.165) is 10.0 Å². The second kappa shape index (κ2) is 12.5. The van der Waals surface area contributed by atoms with E-state index in [4.69, 9.17) is 14.2 Å². The number of amides is 1. The lowest BCUT2D eigenvalue weighted by Crippen LogP contribution is -2.16. The molecule has 4 rings (SSSR count). The van der Waals surface area contributed by atoms with Gasteiger partial charge in [0, 0.05) is 22.5 Å². The van der Waals surface area contributed by atoms with Crippen LogP contribution in [0.3, 0.4) is 0 Å². The van der Waals surface area contributed by atoms with Crippen LogP contribution in [0.15, 0.2) is 63.5 Å². The number of rotatable bonds is 10. The molecule has 1 unspecified atom stereocenters. The van der Waals surface area contributed by atoms with Crippen LogP contribution in [0.1, 0.15) is 29.2 Å². The van der Waals surface area contributed by atoms with Gasteiger partial charge in [-0.1, -0.05) is 39.8 Å². The van der Waals surface area contributed by atoms with Crippen LogP contribution < -0.4 is 14.8 Å². The number of esters is 1. The molecule has 0 aliphatic carbocycles. The van der Waals surface area contributed by atoms with Crippen molar-refractivity contribution in [3.05, 3.63) is 69.8 Å². The Balaban J connectivity index is 1.42. The van der Waals surface area contributed by atoms with Crippen molar-refractivity contribution >= 4 is 55.9 Å². The Kier molecular flexibility index (Phi) is 9.08. The largest absolute Gasteiger partial charge is 0.497 e. The van der Waals surface area contributed by atoms with Gasteiger partial charge in [-0.25, -0.2) is 4.79 Å². The van der Waals surface area contributed by atoms with Gasteiger partial charge in [-0.15, -0.1) is 21.5 Å². The summed E-state index contributed by atoms with van der Waals surface area (Å²) in [5.41, 5.74) is 1.79. The lowest BCUT2D eigenvalue weighted by Gasteiger charge is -2.14. The number of thioether (sulfide) groups is 1. The second-order valence-corrected chi connectivity index (χ2v) is 10.8. The van der Waals surface area contributed by atoms with Crippen LogP contribution in [0.5, 0.6) is 11.5 Å². The Morgan fingerprint density at radius 3 is 2.42 bits per heavy atom. The molecule has 0 saturated heterocycles. The molecule has 0 radical (unpaired) electrons. The minimum absolute atomic E-state index is 0.0737. The van der Waals surface area contributed by atoms with Gasteiger partial charge in [-0.2, -0.15) is 0 Å². The van der Waals surface area contributed by atoms with Crippen LogP contribution in [0.25, 0.3) is 11.1 Å². The predicted molar refractivity (Wildman–Crippen MR) is 151 cm³/mol. The summed E-state index contributed by atoms with van der Waals surface area (Å²) in [5.74, 6) is 1.31. The van der Waals surface area contributed by atoms with Gasteiger partial charge in [-0.3, -0.25) is 4.79 Å². The van der Waals surface area contributed by atoms with E-state index < -0.39 is 5.97 Å². The van der Waals surface area contributed by atoms with Gasteiger partial charge in [0.05, 0.1) is 20.0 Å². The molecule has 2 aromatic heterocycles. The van der Waals surface area contributed by atoms with Crippen molar-refractivity contribution in [1.82, 2.24) is 14.8 Å². The number of hydrogen-bond donors (Lipinski definition) is 1. The number of anilines is 1. The number of benzene rings is 2. The van der Waals surface area contributed by atoms with E-state index in [2.05, 4.69) is 31.4 Å². The molecule has 1 amide bonds. The molecule has 2 aromatic carbocycles. The fraction of sp³-hybridized carbons (Fsp3) is 0.231. The third-order valence-corrected chi connectivity index (χ3v) is 7.97. The number of nitrogens with zero attached hydrogens (tertiary/aromatic N) is 3. The van der Waals surface area contributed by atoms with Crippen molar-refractivity contribution in [3.8, 4) is 22.6 Å². The van der Waals surface area contributed by atoms with Gasteiger partial charge < -0.3 is 24.1 Å². The van der Waals surface area contributed by atoms with E-state index in [1.807, 2.05) is 67.9 Å². The molecule has 0 bridgehead atoms. The van der Waals surface area contributed by atoms with Gasteiger partial charge in [0.25, 0.3) is 0 Å². The van der Waals surface area contributed by atoms with Crippen molar-refractivity contribution in [2.75, 3.05) is 25.3 Å². The first-order valence-corrected chi connectivity index (χ1v) is 14.0. The minimum atomic E-state index is -0.530. The highest BCUT2D eigenvalue weighted by Gasteiger charge is 2.23. The Hall–Kier alpha value is -3.35. The Labute approximate surface area is 236 Å². The topological polar surface area (TPSA) is 105 Å². The summed E-state index contributed by atoms with van der Waals surface area (Å²) >= 11 is 5.91. The highest BCUT2D eigenvalue weighted by atomic mass is 79.9. The molecule has 0 saturated carbocycles. The molecule has 198 valence electrons. The number of nitrogens with one attached hydrogen (secondary N) is 1. The molecule has 9 nitrogen and oxygen atoms in total. The van der Waals surface area contributed by atoms with Crippen molar-refractivity contribution in [3.63, 3.8) is 0 Å². The van der Waals surface area contributed by atoms with Crippen LogP contribution >= 0.6 is 39.0 Å². The minimum Gasteiger partial charge on any atom is -0.497 e. The fourth-order valence-electron chi connectivity index (χ4n) is 3.61. The van der Waals surface area contributed by atoms with Crippen LogP contribution in [0.2, 0.25) is 0 Å². The quantitative estimate of drug-likeness (QED) is 0.172. The SMILES string of the molecule is COC(=O)c1c(-c2ccc(OC)cc2)csc1NC(=O)CSc1nnc(C(C)Oc2ccc(Br)cc2)n1C. The van der Waals surface area contributed by atoms with Crippen LogP contribution in [0.4, 0.5) is 5.00 Å². The summed E-state index contributed by atoms with van der Waals surface area (Å²) in [5, 5.41) is 14.1. The maximum absolute atomic E-state index is 12.8. The van der Waals surface area contributed by atoms with Gasteiger partial charge in [-0.05, 0) is 48.9 Å². The zero-order chi connectivity index (χ0) is 27.2. The number of thiophene rings is 1. The van der Waals surface area contributed by atoms with Crippen molar-refractivity contribution in [2.45, 2.75) is 18.2 Å². The van der Waals surface area contributed by atoms with Crippen LogP contribution in [0, 0.1) is 0 Å². The molecular weight excluding hydrogens is 592 g/mol. The molecule has 2 heterocycles. The molecule has 12 heteroatoms. The molecule has 1 atom stereocenters. The van der Waals surface area contributed by atoms with Crippen LogP contribution in [-0.4, -0.2) is 46.6 Å². The number of ether oxygens (including phenoxy) is 3. The third-order valence-electron chi connectivity index (χ3n) is 5.53. The average Bonchev–Trinajstić information content (AvgIpc) is 3.51. The van der Waals surface area contributed by atoms with E-state index in [0.29, 0.717) is 38.6 Å². The summed E-state index contributed by atoms with van der Waals surface area (Å²) < 4.78 is 18.9. The molecule has 0 fully saturated rings. The van der Waals surface area contributed by atoms with Gasteiger partial charge in [0.2, 0.25) is 5.91 Å². The van der Waals surface area contributed by atoms with E-state index >= 15 is 0 Å². The summed E-state index contributed by atoms with van der Waals surface area (Å²) in [6, 6.07) is 14.8. The maximum Gasteiger partial charge on any atom is 0.341 e. The zero-order valence-corrected chi connectivity index (χ0v) is 24.3. The Morgan fingerprint density at radius 1 is 1.08 bits per heavy atom. The lowest BCUT2D eigenvalue weighted by atomic mass is 10.0. The van der Waals surface area contributed by atoms with Crippen LogP contribution in [-0.2, 0) is 16.6 Å². The highest BCUT2D eigenvalue weighted by molar-refractivity contribution is 9.10. The zero-order valence-electron chi connectivity index (χ0n) is 21.1. The number of methoxy groups -OCH3 is 2. The molecule has 38 heavy (non-hydrogen) atoms. The first-order valence-electron chi connectivity index (χ1n) is 11.4. The third kappa shape index (κ3) is 6.37. The summed E-state index contributed by atoms with van der Waals surface area (Å²) in [4.78, 5) is 25.4. The molecular formula is C26H25BrN4O5S2. The monoisotopic (exact) mass is 616 g/mol. The normalized spacial score (nSPS) is 11.6. The van der Waals surface area contributed by atoms with E-state index in [1.54, 1.807) is 11.7 Å². The van der Waals surface area contributed by atoms with Crippen molar-refractivity contribution < 1.29 is 23.8 Å². The van der Waals surface area contributed by atoms with Gasteiger partial charge in [0.1, 0.15) is 22.1 Å². The van der Waals surface area contributed by atoms with E-state index in [1.165, 1.54) is 30.2 Å². The Bertz CT molecular complexity index is 1420. The first kappa shape index (κ1) is 27.7. The number of aromatic nitrogens is 3. The Morgan fingerprint density at radius 2 is 1.76 bits per heavy atom. The van der Waals surface area contributed by atoms with E-state index in [9.17, 15) is 9.59 Å². The van der Waals surface area contributed by atoms with Gasteiger partial charge in [0.15, 0.2) is 17.1 Å². The number of hydrogen-bond acceptors (Lipinski definition) is 9. The summed E-state index contributed by atoms with van der Waals surface area (Å²) in [6.45, 7) is 1.89. The molecule has 0 aliphatic rings. The number of halogens is 1. The molecule has 0 aliphatic heterocycles. The first-order chi connectivity index (χ1) is 18.3. The summed E-state index contributed by atoms with van der Waals surface area (Å²) in [7, 11) is 4.73. The van der Waals surface area contributed by atoms with Crippen molar-refractivity contribution in [2.24, 2.45) is 7.05 Å². The standard InChI is InChI=1S/C26H25BrN4O5S2/c1-15(36-19-11-7-17(27)8-12-19)23-29-30-26(31(23)2)38-14-21(32)28-24-22(25(33)35-4)20(13-37-24)16-5-9-18(34-3)10-6-16/h5-13,15H,14H2,1-4H3,(H,28,32). The molecule has 0 spiro atoms. The smallest absolute Gasteiger partial charge is 0.341 e. The van der Waals surface area contributed by atoms with E-state index in [-0.39, 0.29) is 17.8 Å². The predicted octanol–water partition coefficient (Wildman–Crippen LogP) is 5.97. The fourth-order valence-corrected chi connectivity index (χ4v) is 5.56.